The van der Waals surface area contributed by atoms with E-state index in [-0.39, 0.29) is 18.6 Å². The maximum atomic E-state index is 11.1. The largest absolute Gasteiger partial charge is 0.369 e. The number of nitrogens with one attached hydrogen (secondary N) is 2. The van der Waals surface area contributed by atoms with Gasteiger partial charge in [-0.15, -0.1) is 0 Å². The summed E-state index contributed by atoms with van der Waals surface area (Å²) in [6.07, 6.45) is 1.46. The van der Waals surface area contributed by atoms with Gasteiger partial charge < -0.3 is 10.1 Å². The number of aromatic amines is 1. The highest BCUT2D eigenvalue weighted by atomic mass is 16.5. The van der Waals surface area contributed by atoms with Crippen LogP contribution in [0.1, 0.15) is 19.7 Å². The molecule has 0 saturated carbocycles. The lowest BCUT2D eigenvalue weighted by Crippen LogP contribution is -2.28. The van der Waals surface area contributed by atoms with E-state index < -0.39 is 0 Å². The van der Waals surface area contributed by atoms with E-state index in [1.165, 1.54) is 6.33 Å². The Morgan fingerprint density at radius 2 is 2.50 bits per heavy atom. The molecule has 0 radical (unpaired) electrons. The quantitative estimate of drug-likeness (QED) is 0.689. The van der Waals surface area contributed by atoms with Crippen LogP contribution < -0.4 is 5.32 Å². The third-order valence-electron chi connectivity index (χ3n) is 1.47. The molecule has 6 heteroatoms. The first-order valence-corrected chi connectivity index (χ1v) is 4.41. The highest BCUT2D eigenvalue weighted by Crippen LogP contribution is 1.88. The smallest absolute Gasteiger partial charge is 0.246 e. The first kappa shape index (κ1) is 10.6. The van der Waals surface area contributed by atoms with Crippen molar-refractivity contribution >= 4 is 5.91 Å². The van der Waals surface area contributed by atoms with E-state index in [1.54, 1.807) is 0 Å². The molecule has 2 N–H and O–H groups in total. The number of ether oxygens (including phenoxy) is 1. The Balaban J connectivity index is 2.15. The predicted molar refractivity (Wildman–Crippen MR) is 49.3 cm³/mol. The van der Waals surface area contributed by atoms with Crippen LogP contribution in [0.2, 0.25) is 0 Å². The fourth-order valence-corrected chi connectivity index (χ4v) is 0.792. The number of nitrogens with zero attached hydrogens (tertiary/aromatic N) is 2. The van der Waals surface area contributed by atoms with Crippen LogP contribution in [0, 0.1) is 0 Å². The molecule has 6 nitrogen and oxygen atoms in total. The van der Waals surface area contributed by atoms with Gasteiger partial charge in [-0.2, -0.15) is 5.10 Å². The van der Waals surface area contributed by atoms with Gasteiger partial charge in [-0.3, -0.25) is 9.89 Å². The van der Waals surface area contributed by atoms with Crippen LogP contribution in [0.5, 0.6) is 0 Å². The van der Waals surface area contributed by atoms with E-state index >= 15 is 0 Å². The maximum Gasteiger partial charge on any atom is 0.246 e. The Labute approximate surface area is 82.1 Å². The molecule has 0 spiro atoms. The van der Waals surface area contributed by atoms with E-state index in [0.717, 1.165) is 0 Å². The van der Waals surface area contributed by atoms with Crippen LogP contribution in [-0.4, -0.2) is 33.8 Å². The number of aromatic nitrogens is 3. The summed E-state index contributed by atoms with van der Waals surface area (Å²) in [6.45, 7) is 4.18. The Morgan fingerprint density at radius 1 is 1.71 bits per heavy atom. The summed E-state index contributed by atoms with van der Waals surface area (Å²) < 4.78 is 5.12. The molecule has 0 saturated heterocycles. The zero-order valence-corrected chi connectivity index (χ0v) is 8.28. The Morgan fingerprint density at radius 3 is 3.07 bits per heavy atom. The average Bonchev–Trinajstić information content (AvgIpc) is 2.63. The second-order valence-electron chi connectivity index (χ2n) is 3.07. The molecule has 1 aromatic heterocycles. The Kier molecular flexibility index (Phi) is 4.06. The molecule has 1 amide bonds. The number of hydrogen-bond acceptors (Lipinski definition) is 4. The SMILES string of the molecule is CC(C)OCC(=O)NCc1ncn[nH]1. The van der Waals surface area contributed by atoms with Crippen LogP contribution in [0.25, 0.3) is 0 Å². The summed E-state index contributed by atoms with van der Waals surface area (Å²) in [5.41, 5.74) is 0. The van der Waals surface area contributed by atoms with Crippen molar-refractivity contribution in [3.8, 4) is 0 Å². The third-order valence-corrected chi connectivity index (χ3v) is 1.47. The number of carbonyl (C=O) groups is 1. The summed E-state index contributed by atoms with van der Waals surface area (Å²) >= 11 is 0. The van der Waals surface area contributed by atoms with Crippen LogP contribution in [0.4, 0.5) is 0 Å². The highest BCUT2D eigenvalue weighted by molar-refractivity contribution is 5.77. The van der Waals surface area contributed by atoms with Crippen molar-refractivity contribution in [1.29, 1.82) is 0 Å². The van der Waals surface area contributed by atoms with Gasteiger partial charge in [0.1, 0.15) is 18.8 Å². The van der Waals surface area contributed by atoms with Gasteiger partial charge in [-0.05, 0) is 13.8 Å². The standard InChI is InChI=1S/C8H14N4O2/c1-6(2)14-4-8(13)9-3-7-10-5-11-12-7/h5-6H,3-4H2,1-2H3,(H,9,13)(H,10,11,12). The second kappa shape index (κ2) is 5.33. The molecule has 1 heterocycles. The fraction of sp³-hybridized carbons (Fsp3) is 0.625. The number of hydrogen-bond donors (Lipinski definition) is 2. The minimum atomic E-state index is -0.157. The predicted octanol–water partition coefficient (Wildman–Crippen LogP) is -0.154. The van der Waals surface area contributed by atoms with Crippen LogP contribution in [0.3, 0.4) is 0 Å². The summed E-state index contributed by atoms with van der Waals surface area (Å²) in [6, 6.07) is 0. The van der Waals surface area contributed by atoms with Crippen molar-refractivity contribution in [2.24, 2.45) is 0 Å². The van der Waals surface area contributed by atoms with Crippen molar-refractivity contribution in [2.45, 2.75) is 26.5 Å². The molecule has 0 aliphatic rings. The molecular weight excluding hydrogens is 184 g/mol. The van der Waals surface area contributed by atoms with Crippen LogP contribution in [0.15, 0.2) is 6.33 Å². The van der Waals surface area contributed by atoms with Gasteiger partial charge in [0.15, 0.2) is 0 Å². The van der Waals surface area contributed by atoms with E-state index in [2.05, 4.69) is 20.5 Å². The molecule has 0 aliphatic heterocycles. The van der Waals surface area contributed by atoms with Crippen molar-refractivity contribution in [3.63, 3.8) is 0 Å². The van der Waals surface area contributed by atoms with Gasteiger partial charge in [0, 0.05) is 0 Å². The Bertz CT molecular complexity index is 271. The summed E-state index contributed by atoms with van der Waals surface area (Å²) in [4.78, 5) is 15.0. The number of H-pyrrole nitrogens is 1. The summed E-state index contributed by atoms with van der Waals surface area (Å²) in [5.74, 6) is 0.470. The summed E-state index contributed by atoms with van der Waals surface area (Å²) in [7, 11) is 0. The molecule has 0 fully saturated rings. The lowest BCUT2D eigenvalue weighted by molar-refractivity contribution is -0.127. The van der Waals surface area contributed by atoms with E-state index in [4.69, 9.17) is 4.74 Å². The monoisotopic (exact) mass is 198 g/mol. The lowest BCUT2D eigenvalue weighted by atomic mass is 10.5. The normalized spacial score (nSPS) is 10.5. The van der Waals surface area contributed by atoms with Gasteiger partial charge in [0.25, 0.3) is 0 Å². The molecule has 0 aromatic carbocycles. The highest BCUT2D eigenvalue weighted by Gasteiger charge is 2.03. The fourth-order valence-electron chi connectivity index (χ4n) is 0.792. The van der Waals surface area contributed by atoms with Gasteiger partial charge in [-0.25, -0.2) is 4.98 Å². The molecule has 14 heavy (non-hydrogen) atoms. The first-order valence-electron chi connectivity index (χ1n) is 4.41. The van der Waals surface area contributed by atoms with E-state index in [1.807, 2.05) is 13.8 Å². The van der Waals surface area contributed by atoms with Gasteiger partial charge in [-0.1, -0.05) is 0 Å². The minimum absolute atomic E-state index is 0.0611. The van der Waals surface area contributed by atoms with Gasteiger partial charge in [0.2, 0.25) is 5.91 Å². The third kappa shape index (κ3) is 3.99. The molecule has 1 aromatic rings. The van der Waals surface area contributed by atoms with Crippen LogP contribution >= 0.6 is 0 Å². The molecule has 0 atom stereocenters. The maximum absolute atomic E-state index is 11.1. The van der Waals surface area contributed by atoms with Crippen molar-refractivity contribution in [2.75, 3.05) is 6.61 Å². The first-order chi connectivity index (χ1) is 6.68. The zero-order chi connectivity index (χ0) is 10.4. The molecule has 0 aliphatic carbocycles. The molecule has 0 bridgehead atoms. The molecular formula is C8H14N4O2. The lowest BCUT2D eigenvalue weighted by Gasteiger charge is -2.06. The second-order valence-corrected chi connectivity index (χ2v) is 3.07. The van der Waals surface area contributed by atoms with Crippen LogP contribution in [-0.2, 0) is 16.1 Å². The molecule has 78 valence electrons. The summed E-state index contributed by atoms with van der Waals surface area (Å²) in [5, 5.41) is 8.94. The number of rotatable bonds is 5. The number of carbonyl (C=O) groups excluding carboxylic acids is 1. The van der Waals surface area contributed by atoms with Crippen molar-refractivity contribution in [1.82, 2.24) is 20.5 Å². The zero-order valence-electron chi connectivity index (χ0n) is 8.28. The van der Waals surface area contributed by atoms with E-state index in [9.17, 15) is 4.79 Å². The van der Waals surface area contributed by atoms with Gasteiger partial charge >= 0.3 is 0 Å². The topological polar surface area (TPSA) is 79.9 Å². The Hall–Kier alpha value is -1.43. The van der Waals surface area contributed by atoms with Crippen molar-refractivity contribution < 1.29 is 9.53 Å². The molecule has 0 unspecified atom stereocenters. The average molecular weight is 198 g/mol. The van der Waals surface area contributed by atoms with Crippen molar-refractivity contribution in [3.05, 3.63) is 12.2 Å². The number of amides is 1. The minimum Gasteiger partial charge on any atom is -0.369 e. The van der Waals surface area contributed by atoms with Gasteiger partial charge in [0.05, 0.1) is 12.6 Å². The molecule has 1 rings (SSSR count). The van der Waals surface area contributed by atoms with E-state index in [0.29, 0.717) is 12.4 Å².